The summed E-state index contributed by atoms with van der Waals surface area (Å²) in [5.41, 5.74) is 1.16. The third-order valence-corrected chi connectivity index (χ3v) is 4.73. The van der Waals surface area contributed by atoms with E-state index in [2.05, 4.69) is 29.3 Å². The molecule has 5 heteroatoms. The second-order valence-corrected chi connectivity index (χ2v) is 6.64. The summed E-state index contributed by atoms with van der Waals surface area (Å²) in [5, 5.41) is 3.04. The van der Waals surface area contributed by atoms with Crippen molar-refractivity contribution in [2.24, 2.45) is 0 Å². The fourth-order valence-electron chi connectivity index (χ4n) is 2.92. The molecule has 1 unspecified atom stereocenters. The molecule has 1 aliphatic heterocycles. The quantitative estimate of drug-likeness (QED) is 0.880. The SMILES string of the molecule is CCC(C)NC(=O)N1CCN(c2ccc(Oc3ccccc3)cc2)CC1. The molecule has 0 aliphatic carbocycles. The number of hydrogen-bond donors (Lipinski definition) is 1. The molecule has 138 valence electrons. The Morgan fingerprint density at radius 1 is 1.00 bits per heavy atom. The number of ether oxygens (including phenoxy) is 1. The Morgan fingerprint density at radius 3 is 2.23 bits per heavy atom. The summed E-state index contributed by atoms with van der Waals surface area (Å²) in [6, 6.07) is 18.2. The van der Waals surface area contributed by atoms with Crippen LogP contribution < -0.4 is 15.0 Å². The van der Waals surface area contributed by atoms with Gasteiger partial charge in [-0.2, -0.15) is 0 Å². The third kappa shape index (κ3) is 4.69. The van der Waals surface area contributed by atoms with Crippen molar-refractivity contribution in [3.8, 4) is 11.5 Å². The highest BCUT2D eigenvalue weighted by Gasteiger charge is 2.21. The van der Waals surface area contributed by atoms with Crippen molar-refractivity contribution < 1.29 is 9.53 Å². The number of carbonyl (C=O) groups is 1. The molecule has 0 bridgehead atoms. The van der Waals surface area contributed by atoms with Gasteiger partial charge in [-0.25, -0.2) is 4.79 Å². The van der Waals surface area contributed by atoms with E-state index in [1.54, 1.807) is 0 Å². The van der Waals surface area contributed by atoms with Crippen molar-refractivity contribution in [1.29, 1.82) is 0 Å². The number of urea groups is 1. The van der Waals surface area contributed by atoms with Gasteiger partial charge in [-0.15, -0.1) is 0 Å². The molecule has 3 rings (SSSR count). The molecule has 5 nitrogen and oxygen atoms in total. The van der Waals surface area contributed by atoms with Gasteiger partial charge in [0.25, 0.3) is 0 Å². The highest BCUT2D eigenvalue weighted by atomic mass is 16.5. The number of anilines is 1. The Labute approximate surface area is 155 Å². The maximum Gasteiger partial charge on any atom is 0.317 e. The molecule has 1 heterocycles. The predicted octanol–water partition coefficient (Wildman–Crippen LogP) is 4.11. The molecule has 0 radical (unpaired) electrons. The summed E-state index contributed by atoms with van der Waals surface area (Å²) in [6.45, 7) is 7.27. The molecule has 1 saturated heterocycles. The Morgan fingerprint density at radius 2 is 1.62 bits per heavy atom. The predicted molar refractivity (Wildman–Crippen MR) is 105 cm³/mol. The van der Waals surface area contributed by atoms with E-state index >= 15 is 0 Å². The number of carbonyl (C=O) groups excluding carboxylic acids is 1. The average Bonchev–Trinajstić information content (AvgIpc) is 2.69. The van der Waals surface area contributed by atoms with Crippen LogP contribution in [-0.2, 0) is 0 Å². The molecular formula is C21H27N3O2. The summed E-state index contributed by atoms with van der Waals surface area (Å²) in [7, 11) is 0. The smallest absolute Gasteiger partial charge is 0.317 e. The molecule has 26 heavy (non-hydrogen) atoms. The monoisotopic (exact) mass is 353 g/mol. The number of hydrogen-bond acceptors (Lipinski definition) is 3. The van der Waals surface area contributed by atoms with E-state index in [4.69, 9.17) is 4.74 Å². The highest BCUT2D eigenvalue weighted by molar-refractivity contribution is 5.74. The minimum Gasteiger partial charge on any atom is -0.457 e. The minimum atomic E-state index is 0.0469. The van der Waals surface area contributed by atoms with Crippen LogP contribution in [0.1, 0.15) is 20.3 Å². The number of piperazine rings is 1. The summed E-state index contributed by atoms with van der Waals surface area (Å²) >= 11 is 0. The molecule has 1 atom stereocenters. The maximum absolute atomic E-state index is 12.2. The lowest BCUT2D eigenvalue weighted by atomic mass is 10.2. The molecule has 1 fully saturated rings. The third-order valence-electron chi connectivity index (χ3n) is 4.73. The number of benzene rings is 2. The number of nitrogens with one attached hydrogen (secondary N) is 1. The van der Waals surface area contributed by atoms with Crippen molar-refractivity contribution in [3.63, 3.8) is 0 Å². The van der Waals surface area contributed by atoms with E-state index in [0.717, 1.165) is 49.8 Å². The van der Waals surface area contributed by atoms with Gasteiger partial charge >= 0.3 is 6.03 Å². The van der Waals surface area contributed by atoms with Crippen LogP contribution >= 0.6 is 0 Å². The van der Waals surface area contributed by atoms with E-state index < -0.39 is 0 Å². The molecule has 2 amide bonds. The number of amides is 2. The van der Waals surface area contributed by atoms with Crippen LogP contribution in [0.2, 0.25) is 0 Å². The zero-order valence-electron chi connectivity index (χ0n) is 15.5. The van der Waals surface area contributed by atoms with Crippen molar-refractivity contribution in [3.05, 3.63) is 54.6 Å². The maximum atomic E-state index is 12.2. The Hall–Kier alpha value is -2.69. The summed E-state index contributed by atoms with van der Waals surface area (Å²) in [6.07, 6.45) is 0.948. The second-order valence-electron chi connectivity index (χ2n) is 6.64. The first-order valence-electron chi connectivity index (χ1n) is 9.29. The average molecular weight is 353 g/mol. The molecule has 0 saturated carbocycles. The largest absolute Gasteiger partial charge is 0.457 e. The Bertz CT molecular complexity index is 695. The fourth-order valence-corrected chi connectivity index (χ4v) is 2.92. The van der Waals surface area contributed by atoms with E-state index in [1.165, 1.54) is 0 Å². The molecule has 1 N–H and O–H groups in total. The zero-order chi connectivity index (χ0) is 18.4. The van der Waals surface area contributed by atoms with Gasteiger partial charge in [-0.1, -0.05) is 25.1 Å². The minimum absolute atomic E-state index is 0.0469. The second kappa shape index (κ2) is 8.61. The normalized spacial score (nSPS) is 15.5. The zero-order valence-corrected chi connectivity index (χ0v) is 15.5. The van der Waals surface area contributed by atoms with Gasteiger partial charge in [0.2, 0.25) is 0 Å². The van der Waals surface area contributed by atoms with Crippen LogP contribution in [0.25, 0.3) is 0 Å². The van der Waals surface area contributed by atoms with Crippen LogP contribution in [0.4, 0.5) is 10.5 Å². The van der Waals surface area contributed by atoms with Crippen LogP contribution in [-0.4, -0.2) is 43.2 Å². The lowest BCUT2D eigenvalue weighted by molar-refractivity contribution is 0.191. The fraction of sp³-hybridized carbons (Fsp3) is 0.381. The summed E-state index contributed by atoms with van der Waals surface area (Å²) < 4.78 is 5.84. The number of para-hydroxylation sites is 1. The van der Waals surface area contributed by atoms with Gasteiger partial charge in [-0.3, -0.25) is 0 Å². The van der Waals surface area contributed by atoms with E-state index in [9.17, 15) is 4.79 Å². The van der Waals surface area contributed by atoms with Gasteiger partial charge in [-0.05, 0) is 49.7 Å². The van der Waals surface area contributed by atoms with Crippen molar-refractivity contribution in [2.75, 3.05) is 31.1 Å². The molecular weight excluding hydrogens is 326 g/mol. The molecule has 2 aromatic rings. The van der Waals surface area contributed by atoms with Crippen molar-refractivity contribution in [2.45, 2.75) is 26.3 Å². The van der Waals surface area contributed by atoms with Crippen molar-refractivity contribution >= 4 is 11.7 Å². The first-order valence-corrected chi connectivity index (χ1v) is 9.29. The topological polar surface area (TPSA) is 44.8 Å². The Balaban J connectivity index is 1.52. The molecule has 1 aliphatic rings. The van der Waals surface area contributed by atoms with Crippen LogP contribution in [0.5, 0.6) is 11.5 Å². The van der Waals surface area contributed by atoms with Gasteiger partial charge in [0.15, 0.2) is 0 Å². The van der Waals surface area contributed by atoms with E-state index in [1.807, 2.05) is 54.3 Å². The lowest BCUT2D eigenvalue weighted by Crippen LogP contribution is -2.53. The number of rotatable bonds is 5. The van der Waals surface area contributed by atoms with Gasteiger partial charge < -0.3 is 19.9 Å². The van der Waals surface area contributed by atoms with E-state index in [0.29, 0.717) is 0 Å². The standard InChI is InChI=1S/C21H27N3O2/c1-3-17(2)22-21(25)24-15-13-23(14-16-24)18-9-11-20(12-10-18)26-19-7-5-4-6-8-19/h4-12,17H,3,13-16H2,1-2H3,(H,22,25). The van der Waals surface area contributed by atoms with Crippen LogP contribution in [0.15, 0.2) is 54.6 Å². The highest BCUT2D eigenvalue weighted by Crippen LogP contribution is 2.25. The van der Waals surface area contributed by atoms with Crippen molar-refractivity contribution in [1.82, 2.24) is 10.2 Å². The van der Waals surface area contributed by atoms with Crippen LogP contribution in [0.3, 0.4) is 0 Å². The Kier molecular flexibility index (Phi) is 6.00. The first-order chi connectivity index (χ1) is 12.7. The van der Waals surface area contributed by atoms with E-state index in [-0.39, 0.29) is 12.1 Å². The number of nitrogens with zero attached hydrogens (tertiary/aromatic N) is 2. The molecule has 0 aromatic heterocycles. The lowest BCUT2D eigenvalue weighted by Gasteiger charge is -2.36. The summed E-state index contributed by atoms with van der Waals surface area (Å²) in [4.78, 5) is 16.4. The van der Waals surface area contributed by atoms with Gasteiger partial charge in [0.1, 0.15) is 11.5 Å². The van der Waals surface area contributed by atoms with Crippen LogP contribution in [0, 0.1) is 0 Å². The van der Waals surface area contributed by atoms with Gasteiger partial charge in [0, 0.05) is 37.9 Å². The molecule has 0 spiro atoms. The summed E-state index contributed by atoms with van der Waals surface area (Å²) in [5.74, 6) is 1.66. The van der Waals surface area contributed by atoms with Gasteiger partial charge in [0.05, 0.1) is 0 Å². The first kappa shape index (κ1) is 18.1. The molecule has 2 aromatic carbocycles.